The molecule has 0 N–H and O–H groups in total. The van der Waals surface area contributed by atoms with Gasteiger partial charge in [0.05, 0.1) is 12.6 Å². The second-order valence-corrected chi connectivity index (χ2v) is 7.68. The molecule has 1 atom stereocenters. The van der Waals surface area contributed by atoms with E-state index in [0.717, 1.165) is 39.3 Å². The third-order valence-corrected chi connectivity index (χ3v) is 4.32. The first-order valence-corrected chi connectivity index (χ1v) is 8.70. The lowest BCUT2D eigenvalue weighted by Crippen LogP contribution is -2.62. The van der Waals surface area contributed by atoms with E-state index in [1.165, 1.54) is 0 Å². The molecule has 0 spiro atoms. The number of hydrogen-bond donors (Lipinski definition) is 0. The minimum absolute atomic E-state index is 0.0801. The van der Waals surface area contributed by atoms with Crippen molar-refractivity contribution in [3.8, 4) is 0 Å². The van der Waals surface area contributed by atoms with Crippen molar-refractivity contribution in [2.45, 2.75) is 53.0 Å². The highest BCUT2D eigenvalue weighted by atomic mass is 19.3. The number of alkyl halides is 2. The van der Waals surface area contributed by atoms with Crippen molar-refractivity contribution >= 4 is 0 Å². The molecule has 2 aliphatic rings. The van der Waals surface area contributed by atoms with Crippen LogP contribution >= 0.6 is 0 Å². The van der Waals surface area contributed by atoms with Crippen molar-refractivity contribution in [3.05, 3.63) is 0 Å². The molecule has 0 aromatic heterocycles. The van der Waals surface area contributed by atoms with E-state index in [-0.39, 0.29) is 12.0 Å². The minimum Gasteiger partial charge on any atom is -0.304 e. The van der Waals surface area contributed by atoms with Crippen molar-refractivity contribution in [1.82, 2.24) is 14.7 Å². The van der Waals surface area contributed by atoms with Crippen LogP contribution in [0.25, 0.3) is 0 Å². The fraction of sp³-hybridized carbons (Fsp3) is 1.00. The lowest BCUT2D eigenvalue weighted by Gasteiger charge is -2.46. The molecule has 0 aromatic carbocycles. The molecule has 0 saturated carbocycles. The summed E-state index contributed by atoms with van der Waals surface area (Å²) in [5.74, 6) is -2.58. The molecule has 2 fully saturated rings. The van der Waals surface area contributed by atoms with Crippen molar-refractivity contribution in [2.24, 2.45) is 5.41 Å². The van der Waals surface area contributed by atoms with Gasteiger partial charge in [0.25, 0.3) is 5.92 Å². The normalized spacial score (nSPS) is 28.1. The minimum atomic E-state index is -2.58. The summed E-state index contributed by atoms with van der Waals surface area (Å²) < 4.78 is 29.0. The van der Waals surface area contributed by atoms with E-state index in [1.54, 1.807) is 0 Å². The van der Waals surface area contributed by atoms with Crippen LogP contribution in [0.5, 0.6) is 0 Å². The molecule has 3 nitrogen and oxygen atoms in total. The van der Waals surface area contributed by atoms with Gasteiger partial charge in [-0.3, -0.25) is 9.80 Å². The van der Waals surface area contributed by atoms with Gasteiger partial charge in [0, 0.05) is 39.3 Å². The Morgan fingerprint density at radius 1 is 1.00 bits per heavy atom. The summed E-state index contributed by atoms with van der Waals surface area (Å²) in [5, 5.41) is 0. The van der Waals surface area contributed by atoms with Gasteiger partial charge in [-0.2, -0.15) is 0 Å². The SMILES string of the molecule is CC.CN1CCN(C2CCN(CC(C)(C)C)CC2(F)F)CC1. The zero-order valence-corrected chi connectivity index (χ0v) is 15.3. The van der Waals surface area contributed by atoms with Crippen LogP contribution in [0, 0.1) is 5.41 Å². The van der Waals surface area contributed by atoms with Crippen molar-refractivity contribution in [3.63, 3.8) is 0 Å². The smallest absolute Gasteiger partial charge is 0.275 e. The average Bonchev–Trinajstić information content (AvgIpc) is 2.40. The van der Waals surface area contributed by atoms with E-state index in [9.17, 15) is 8.78 Å². The Kier molecular flexibility index (Phi) is 7.21. The molecule has 2 rings (SSSR count). The molecule has 2 saturated heterocycles. The summed E-state index contributed by atoms with van der Waals surface area (Å²) >= 11 is 0. The van der Waals surface area contributed by atoms with Crippen LogP contribution in [-0.2, 0) is 0 Å². The maximum absolute atomic E-state index is 14.5. The summed E-state index contributed by atoms with van der Waals surface area (Å²) in [7, 11) is 2.06. The van der Waals surface area contributed by atoms with E-state index in [4.69, 9.17) is 0 Å². The third-order valence-electron chi connectivity index (χ3n) is 4.32. The zero-order chi connectivity index (χ0) is 17.0. The highest BCUT2D eigenvalue weighted by Gasteiger charge is 2.47. The Hall–Kier alpha value is -0.260. The molecule has 0 radical (unpaired) electrons. The second kappa shape index (κ2) is 8.02. The summed E-state index contributed by atoms with van der Waals surface area (Å²) in [6, 6.07) is -0.563. The highest BCUT2D eigenvalue weighted by Crippen LogP contribution is 2.33. The lowest BCUT2D eigenvalue weighted by molar-refractivity contribution is -0.136. The monoisotopic (exact) mass is 319 g/mol. The van der Waals surface area contributed by atoms with Gasteiger partial charge in [0.2, 0.25) is 0 Å². The fourth-order valence-electron chi connectivity index (χ4n) is 3.39. The summed E-state index contributed by atoms with van der Waals surface area (Å²) in [6.07, 6.45) is 0.590. The number of rotatable bonds is 2. The first-order chi connectivity index (χ1) is 10.2. The second-order valence-electron chi connectivity index (χ2n) is 7.68. The van der Waals surface area contributed by atoms with E-state index >= 15 is 0 Å². The molecule has 5 heteroatoms. The third kappa shape index (κ3) is 5.74. The molecule has 1 unspecified atom stereocenters. The molecular formula is C17H35F2N3. The van der Waals surface area contributed by atoms with E-state index in [2.05, 4.69) is 32.7 Å². The van der Waals surface area contributed by atoms with Gasteiger partial charge in [-0.25, -0.2) is 8.78 Å². The van der Waals surface area contributed by atoms with Crippen molar-refractivity contribution < 1.29 is 8.78 Å². The van der Waals surface area contributed by atoms with Gasteiger partial charge in [-0.15, -0.1) is 0 Å². The number of piperazine rings is 1. The Labute approximate surface area is 135 Å². The van der Waals surface area contributed by atoms with Crippen molar-refractivity contribution in [2.75, 3.05) is 52.9 Å². The number of hydrogen-bond acceptors (Lipinski definition) is 3. The highest BCUT2D eigenvalue weighted by molar-refractivity contribution is 4.95. The van der Waals surface area contributed by atoms with Crippen LogP contribution in [0.2, 0.25) is 0 Å². The quantitative estimate of drug-likeness (QED) is 0.775. The molecule has 132 valence electrons. The maximum Gasteiger partial charge on any atom is 0.275 e. The van der Waals surface area contributed by atoms with Crippen LogP contribution < -0.4 is 0 Å². The first kappa shape index (κ1) is 19.8. The molecule has 22 heavy (non-hydrogen) atoms. The number of likely N-dealkylation sites (N-methyl/N-ethyl adjacent to an activating group) is 1. The summed E-state index contributed by atoms with van der Waals surface area (Å²) in [5.41, 5.74) is 0.0801. The molecule has 0 bridgehead atoms. The topological polar surface area (TPSA) is 9.72 Å². The number of nitrogens with zero attached hydrogens (tertiary/aromatic N) is 3. The van der Waals surface area contributed by atoms with Gasteiger partial charge < -0.3 is 4.90 Å². The van der Waals surface area contributed by atoms with Crippen LogP contribution in [-0.4, -0.2) is 79.5 Å². The van der Waals surface area contributed by atoms with Crippen LogP contribution in [0.3, 0.4) is 0 Å². The predicted octanol–water partition coefficient (Wildman–Crippen LogP) is 3.02. The number of likely N-dealkylation sites (tertiary alicyclic amines) is 1. The Morgan fingerprint density at radius 2 is 1.55 bits per heavy atom. The largest absolute Gasteiger partial charge is 0.304 e. The van der Waals surface area contributed by atoms with Crippen LogP contribution in [0.4, 0.5) is 8.78 Å². The maximum atomic E-state index is 14.5. The Morgan fingerprint density at radius 3 is 2.00 bits per heavy atom. The summed E-state index contributed by atoms with van der Waals surface area (Å²) in [6.45, 7) is 15.1. The predicted molar refractivity (Wildman–Crippen MR) is 89.7 cm³/mol. The molecular weight excluding hydrogens is 284 g/mol. The van der Waals surface area contributed by atoms with Gasteiger partial charge in [-0.1, -0.05) is 34.6 Å². The van der Waals surface area contributed by atoms with Gasteiger partial charge in [0.15, 0.2) is 0 Å². The standard InChI is InChI=1S/C15H29F2N3.C2H6/c1-14(2,3)11-19-6-5-13(15(16,17)12-19)20-9-7-18(4)8-10-20;1-2/h13H,5-12H2,1-4H3;1-2H3. The van der Waals surface area contributed by atoms with Gasteiger partial charge in [-0.05, 0) is 18.9 Å². The van der Waals surface area contributed by atoms with Crippen molar-refractivity contribution in [1.29, 1.82) is 0 Å². The molecule has 0 aromatic rings. The summed E-state index contributed by atoms with van der Waals surface area (Å²) in [4.78, 5) is 6.16. The fourth-order valence-corrected chi connectivity index (χ4v) is 3.39. The Balaban J connectivity index is 0.00000116. The van der Waals surface area contributed by atoms with E-state index in [0.29, 0.717) is 6.42 Å². The molecule has 2 heterocycles. The molecule has 0 aliphatic carbocycles. The average molecular weight is 319 g/mol. The number of piperidine rings is 1. The molecule has 2 aliphatic heterocycles. The lowest BCUT2D eigenvalue weighted by atomic mass is 9.92. The Bertz CT molecular complexity index is 320. The van der Waals surface area contributed by atoms with Gasteiger partial charge in [0.1, 0.15) is 0 Å². The van der Waals surface area contributed by atoms with Crippen LogP contribution in [0.1, 0.15) is 41.0 Å². The van der Waals surface area contributed by atoms with E-state index in [1.807, 2.05) is 23.6 Å². The van der Waals surface area contributed by atoms with E-state index < -0.39 is 12.0 Å². The molecule has 0 amide bonds. The zero-order valence-electron chi connectivity index (χ0n) is 15.3. The number of halogens is 2. The van der Waals surface area contributed by atoms with Gasteiger partial charge >= 0.3 is 0 Å². The van der Waals surface area contributed by atoms with Crippen LogP contribution in [0.15, 0.2) is 0 Å². The first-order valence-electron chi connectivity index (χ1n) is 8.70.